The lowest BCUT2D eigenvalue weighted by Crippen LogP contribution is -2.29. The molecule has 0 aromatic carbocycles. The summed E-state index contributed by atoms with van der Waals surface area (Å²) < 4.78 is 32.8. The van der Waals surface area contributed by atoms with Gasteiger partial charge < -0.3 is 20.1 Å². The van der Waals surface area contributed by atoms with Crippen molar-refractivity contribution in [2.24, 2.45) is 5.73 Å². The van der Waals surface area contributed by atoms with Crippen LogP contribution in [-0.4, -0.2) is 49.3 Å². The Labute approximate surface area is 420 Å². The van der Waals surface area contributed by atoms with Gasteiger partial charge in [-0.1, -0.05) is 198 Å². The molecule has 2 unspecified atom stereocenters. The fourth-order valence-electron chi connectivity index (χ4n) is 6.32. The molecule has 388 valence electrons. The van der Waals surface area contributed by atoms with Crippen LogP contribution in [0.4, 0.5) is 0 Å². The van der Waals surface area contributed by atoms with E-state index in [2.05, 4.69) is 160 Å². The summed E-state index contributed by atoms with van der Waals surface area (Å²) in [5, 5.41) is 0. The van der Waals surface area contributed by atoms with Crippen molar-refractivity contribution in [2.75, 3.05) is 26.4 Å². The quantitative estimate of drug-likeness (QED) is 0.0264. The van der Waals surface area contributed by atoms with Crippen molar-refractivity contribution in [2.45, 2.75) is 187 Å². The van der Waals surface area contributed by atoms with Crippen LogP contribution >= 0.6 is 7.82 Å². The monoisotopic (exact) mass is 976 g/mol. The Bertz CT molecular complexity index is 1630. The molecule has 0 aromatic rings. The van der Waals surface area contributed by atoms with Gasteiger partial charge in [0.05, 0.1) is 13.2 Å². The van der Waals surface area contributed by atoms with Crippen LogP contribution in [-0.2, 0) is 32.7 Å². The maximum atomic E-state index is 12.6. The molecular weight excluding hydrogens is 882 g/mol. The molecule has 2 atom stereocenters. The molecule has 0 saturated heterocycles. The number of unbranched alkanes of at least 4 members (excludes halogenated alkanes) is 10. The summed E-state index contributed by atoms with van der Waals surface area (Å²) in [5.41, 5.74) is 5.35. The maximum Gasteiger partial charge on any atom is 0.472 e. The van der Waals surface area contributed by atoms with Gasteiger partial charge in [-0.05, 0) is 116 Å². The fraction of sp³-hybridized carbons (Fsp3) is 0.559. The van der Waals surface area contributed by atoms with Gasteiger partial charge in [-0.3, -0.25) is 18.6 Å². The van der Waals surface area contributed by atoms with Gasteiger partial charge in [-0.25, -0.2) is 4.57 Å². The van der Waals surface area contributed by atoms with Gasteiger partial charge in [-0.2, -0.15) is 0 Å². The molecule has 0 fully saturated rings. The third-order valence-electron chi connectivity index (χ3n) is 10.2. The van der Waals surface area contributed by atoms with E-state index in [0.29, 0.717) is 12.8 Å². The number of rotatable bonds is 47. The third-order valence-corrected chi connectivity index (χ3v) is 11.2. The number of esters is 2. The van der Waals surface area contributed by atoms with Gasteiger partial charge in [0.2, 0.25) is 0 Å². The van der Waals surface area contributed by atoms with Crippen LogP contribution in [0.25, 0.3) is 0 Å². The summed E-state index contributed by atoms with van der Waals surface area (Å²) in [6.45, 7) is 3.50. The first-order valence-corrected chi connectivity index (χ1v) is 27.8. The molecule has 0 bridgehead atoms. The van der Waals surface area contributed by atoms with E-state index in [-0.39, 0.29) is 32.6 Å². The molecule has 0 heterocycles. The van der Waals surface area contributed by atoms with Crippen LogP contribution in [0.2, 0.25) is 0 Å². The number of phosphoric ester groups is 1. The molecule has 0 aliphatic heterocycles. The summed E-state index contributed by atoms with van der Waals surface area (Å²) >= 11 is 0. The number of ether oxygens (including phenoxy) is 2. The number of hydrogen-bond donors (Lipinski definition) is 2. The standard InChI is InChI=1S/C59H94NO8P/c1-3-5-7-9-11-13-15-16-17-18-19-20-21-22-23-24-25-26-27-28-29-30-31-32-33-34-35-36-37-38-39-40-42-44-46-48-50-52-59(62)68-57(56-67-69(63,64)66-54-53-60)55-65-58(61)51-49-47-45-43-41-14-12-10-8-6-4-2/h5,7,10-13,16-17,19-20,22-23,25-26,28-29,31-32,34-35,37-38,40,42,57H,3-4,6,8-9,14-15,18,21,24,27,30,33,36,39,41,43-56,60H2,1-2H3,(H,63,64)/b7-5-,12-10-,13-11-,17-16-,20-19-,23-22-,26-25-,29-28-,32-31-,35-34-,38-37-,42-40-. The Morgan fingerprint density at radius 2 is 0.797 bits per heavy atom. The first-order valence-electron chi connectivity index (χ1n) is 26.3. The van der Waals surface area contributed by atoms with Crippen molar-refractivity contribution in [3.8, 4) is 0 Å². The van der Waals surface area contributed by atoms with Crippen LogP contribution in [0.15, 0.2) is 146 Å². The van der Waals surface area contributed by atoms with Crippen molar-refractivity contribution < 1.29 is 37.6 Å². The maximum absolute atomic E-state index is 12.6. The van der Waals surface area contributed by atoms with Gasteiger partial charge in [0.15, 0.2) is 6.10 Å². The summed E-state index contributed by atoms with van der Waals surface area (Å²) in [4.78, 5) is 34.9. The number of nitrogens with two attached hydrogens (primary N) is 1. The predicted molar refractivity (Wildman–Crippen MR) is 293 cm³/mol. The Morgan fingerprint density at radius 1 is 0.449 bits per heavy atom. The number of allylic oxidation sites excluding steroid dienone is 24. The highest BCUT2D eigenvalue weighted by Gasteiger charge is 2.26. The number of phosphoric acid groups is 1. The Hall–Kier alpha value is -4.11. The van der Waals surface area contributed by atoms with E-state index >= 15 is 0 Å². The van der Waals surface area contributed by atoms with E-state index in [4.69, 9.17) is 24.3 Å². The van der Waals surface area contributed by atoms with Crippen LogP contribution < -0.4 is 5.73 Å². The van der Waals surface area contributed by atoms with Crippen molar-refractivity contribution in [3.05, 3.63) is 146 Å². The highest BCUT2D eigenvalue weighted by molar-refractivity contribution is 7.47. The highest BCUT2D eigenvalue weighted by Crippen LogP contribution is 2.43. The van der Waals surface area contributed by atoms with E-state index in [1.807, 2.05) is 0 Å². The molecular formula is C59H94NO8P. The topological polar surface area (TPSA) is 134 Å². The minimum absolute atomic E-state index is 0.0387. The molecule has 0 rings (SSSR count). The molecule has 3 N–H and O–H groups in total. The molecule has 69 heavy (non-hydrogen) atoms. The Balaban J connectivity index is 4.10. The zero-order valence-electron chi connectivity index (χ0n) is 43.0. The van der Waals surface area contributed by atoms with Crippen molar-refractivity contribution in [1.82, 2.24) is 0 Å². The Morgan fingerprint density at radius 3 is 1.22 bits per heavy atom. The minimum Gasteiger partial charge on any atom is -0.462 e. The minimum atomic E-state index is -4.40. The third kappa shape index (κ3) is 53.1. The molecule has 0 radical (unpaired) electrons. The van der Waals surface area contributed by atoms with Crippen molar-refractivity contribution in [1.29, 1.82) is 0 Å². The normalized spacial score (nSPS) is 14.3. The lowest BCUT2D eigenvalue weighted by molar-refractivity contribution is -0.161. The summed E-state index contributed by atoms with van der Waals surface area (Å²) in [5.74, 6) is -0.893. The van der Waals surface area contributed by atoms with Gasteiger partial charge in [0.25, 0.3) is 0 Å². The van der Waals surface area contributed by atoms with Gasteiger partial charge >= 0.3 is 19.8 Å². The second-order valence-electron chi connectivity index (χ2n) is 16.7. The first-order chi connectivity index (χ1) is 33.8. The average molecular weight is 976 g/mol. The number of hydrogen-bond acceptors (Lipinski definition) is 8. The smallest absolute Gasteiger partial charge is 0.462 e. The lowest BCUT2D eigenvalue weighted by atomic mass is 10.1. The first kappa shape index (κ1) is 64.9. The van der Waals surface area contributed by atoms with Gasteiger partial charge in [0.1, 0.15) is 6.61 Å². The molecule has 0 spiro atoms. The molecule has 0 aromatic heterocycles. The van der Waals surface area contributed by atoms with Gasteiger partial charge in [0, 0.05) is 19.4 Å². The lowest BCUT2D eigenvalue weighted by Gasteiger charge is -2.19. The Kier molecular flexibility index (Phi) is 50.1. The van der Waals surface area contributed by atoms with Crippen LogP contribution in [0.5, 0.6) is 0 Å². The van der Waals surface area contributed by atoms with Crippen molar-refractivity contribution in [3.63, 3.8) is 0 Å². The summed E-state index contributed by atoms with van der Waals surface area (Å²) in [6, 6.07) is 0. The second kappa shape index (κ2) is 53.2. The van der Waals surface area contributed by atoms with Crippen molar-refractivity contribution >= 4 is 19.8 Å². The number of carbonyl (C=O) groups is 2. The fourth-order valence-corrected chi connectivity index (χ4v) is 7.09. The van der Waals surface area contributed by atoms with Gasteiger partial charge in [-0.15, -0.1) is 0 Å². The molecule has 0 aliphatic rings. The summed E-state index contributed by atoms with van der Waals surface area (Å²) in [7, 11) is -4.40. The second-order valence-corrected chi connectivity index (χ2v) is 18.1. The van der Waals surface area contributed by atoms with Crippen LogP contribution in [0.3, 0.4) is 0 Å². The molecule has 0 amide bonds. The van der Waals surface area contributed by atoms with E-state index in [9.17, 15) is 19.0 Å². The largest absolute Gasteiger partial charge is 0.472 e. The van der Waals surface area contributed by atoms with Crippen LogP contribution in [0, 0.1) is 0 Å². The van der Waals surface area contributed by atoms with Crippen LogP contribution in [0.1, 0.15) is 181 Å². The molecule has 10 heteroatoms. The van der Waals surface area contributed by atoms with E-state index in [1.165, 1.54) is 12.8 Å². The van der Waals surface area contributed by atoms with E-state index in [1.54, 1.807) is 0 Å². The SMILES string of the molecule is CC/C=C\C/C=C\C/C=C\C/C=C\C/C=C\C/C=C\C/C=C\C/C=C\C/C=C\C/C=C\C/C=C\CCCCCC(=O)OC(COC(=O)CCCCCCC/C=C\CCCC)COP(=O)(O)OCCN. The predicted octanol–water partition coefficient (Wildman–Crippen LogP) is 16.4. The number of carbonyl (C=O) groups excluding carboxylic acids is 2. The highest BCUT2D eigenvalue weighted by atomic mass is 31.2. The average Bonchev–Trinajstić information content (AvgIpc) is 3.34. The zero-order chi connectivity index (χ0) is 50.2. The molecule has 0 saturated carbocycles. The zero-order valence-corrected chi connectivity index (χ0v) is 43.9. The summed E-state index contributed by atoms with van der Waals surface area (Å²) in [6.07, 6.45) is 76.2. The van der Waals surface area contributed by atoms with E-state index < -0.39 is 32.5 Å². The molecule has 0 aliphatic carbocycles. The molecule has 9 nitrogen and oxygen atoms in total. The van der Waals surface area contributed by atoms with E-state index in [0.717, 1.165) is 128 Å².